The van der Waals surface area contributed by atoms with Gasteiger partial charge in [-0.05, 0) is 55.3 Å². The minimum Gasteiger partial charge on any atom is -0.497 e. The molecule has 1 saturated heterocycles. The summed E-state index contributed by atoms with van der Waals surface area (Å²) in [6.45, 7) is 2.57. The molecular weight excluding hydrogens is 340 g/mol. The summed E-state index contributed by atoms with van der Waals surface area (Å²) in [4.78, 5) is 13.8. The Hall–Kier alpha value is -2.54. The molecule has 0 aliphatic carbocycles. The second kappa shape index (κ2) is 6.76. The minimum absolute atomic E-state index is 0.0678. The number of benzene rings is 2. The van der Waals surface area contributed by atoms with Gasteiger partial charge in [-0.2, -0.15) is 0 Å². The predicted molar refractivity (Wildman–Crippen MR) is 96.6 cm³/mol. The van der Waals surface area contributed by atoms with Crippen LogP contribution in [0.1, 0.15) is 18.4 Å². The van der Waals surface area contributed by atoms with Crippen LogP contribution in [-0.2, 0) is 14.8 Å². The molecule has 132 valence electrons. The highest BCUT2D eigenvalue weighted by Gasteiger charge is 2.24. The molecule has 2 aromatic carbocycles. The molecule has 0 unspecified atom stereocenters. The number of nitrogens with one attached hydrogen (secondary N) is 1. The first kappa shape index (κ1) is 17.3. The molecule has 2 aromatic rings. The van der Waals surface area contributed by atoms with Gasteiger partial charge in [-0.25, -0.2) is 8.42 Å². The molecule has 3 rings (SSSR count). The number of hydrogen-bond acceptors (Lipinski definition) is 4. The van der Waals surface area contributed by atoms with Gasteiger partial charge in [0.05, 0.1) is 17.7 Å². The van der Waals surface area contributed by atoms with Gasteiger partial charge < -0.3 is 9.64 Å². The largest absolute Gasteiger partial charge is 0.497 e. The first-order valence-corrected chi connectivity index (χ1v) is 9.47. The molecule has 6 nitrogen and oxygen atoms in total. The van der Waals surface area contributed by atoms with Crippen LogP contribution in [0, 0.1) is 6.92 Å². The van der Waals surface area contributed by atoms with E-state index in [0.29, 0.717) is 24.4 Å². The highest BCUT2D eigenvalue weighted by atomic mass is 32.2. The monoisotopic (exact) mass is 360 g/mol. The maximum Gasteiger partial charge on any atom is 0.261 e. The Labute approximate surface area is 147 Å². The zero-order valence-corrected chi connectivity index (χ0v) is 15.0. The third-order valence-electron chi connectivity index (χ3n) is 4.20. The molecule has 1 aliphatic heterocycles. The van der Waals surface area contributed by atoms with Gasteiger partial charge >= 0.3 is 0 Å². The van der Waals surface area contributed by atoms with Crippen LogP contribution in [0.3, 0.4) is 0 Å². The standard InChI is InChI=1S/C18H20N2O4S/c1-13-5-6-14(12-17(13)20-11-3-4-18(20)21)19-25(22,23)16-9-7-15(24-2)8-10-16/h5-10,12,19H,3-4,11H2,1-2H3. The average molecular weight is 360 g/mol. The van der Waals surface area contributed by atoms with Crippen LogP contribution in [-0.4, -0.2) is 28.0 Å². The molecule has 0 radical (unpaired) electrons. The van der Waals surface area contributed by atoms with Crippen LogP contribution in [0.5, 0.6) is 5.75 Å². The zero-order chi connectivity index (χ0) is 18.0. The third-order valence-corrected chi connectivity index (χ3v) is 5.59. The van der Waals surface area contributed by atoms with Crippen molar-refractivity contribution in [3.8, 4) is 5.75 Å². The second-order valence-corrected chi connectivity index (χ2v) is 7.61. The fraction of sp³-hybridized carbons (Fsp3) is 0.278. The van der Waals surface area contributed by atoms with Crippen LogP contribution < -0.4 is 14.4 Å². The maximum absolute atomic E-state index is 12.6. The van der Waals surface area contributed by atoms with Crippen molar-refractivity contribution in [2.75, 3.05) is 23.3 Å². The molecule has 0 spiro atoms. The van der Waals surface area contributed by atoms with Crippen molar-refractivity contribution >= 4 is 27.3 Å². The van der Waals surface area contributed by atoms with Crippen LogP contribution in [0.2, 0.25) is 0 Å². The maximum atomic E-state index is 12.6. The van der Waals surface area contributed by atoms with E-state index < -0.39 is 10.0 Å². The predicted octanol–water partition coefficient (Wildman–Crippen LogP) is 2.93. The lowest BCUT2D eigenvalue weighted by molar-refractivity contribution is -0.117. The van der Waals surface area contributed by atoms with E-state index in [2.05, 4.69) is 4.72 Å². The molecule has 0 atom stereocenters. The average Bonchev–Trinajstić information content (AvgIpc) is 3.02. The molecule has 0 saturated carbocycles. The Morgan fingerprint density at radius 2 is 1.84 bits per heavy atom. The fourth-order valence-corrected chi connectivity index (χ4v) is 3.88. The van der Waals surface area contributed by atoms with Gasteiger partial charge in [0.2, 0.25) is 5.91 Å². The van der Waals surface area contributed by atoms with Crippen LogP contribution in [0.15, 0.2) is 47.4 Å². The molecule has 25 heavy (non-hydrogen) atoms. The van der Waals surface area contributed by atoms with E-state index in [9.17, 15) is 13.2 Å². The van der Waals surface area contributed by atoms with Crippen LogP contribution >= 0.6 is 0 Å². The van der Waals surface area contributed by atoms with E-state index >= 15 is 0 Å². The SMILES string of the molecule is COc1ccc(S(=O)(=O)Nc2ccc(C)c(N3CCCC3=O)c2)cc1. The van der Waals surface area contributed by atoms with Crippen molar-refractivity contribution < 1.29 is 17.9 Å². The Morgan fingerprint density at radius 1 is 1.12 bits per heavy atom. The number of sulfonamides is 1. The van der Waals surface area contributed by atoms with Crippen molar-refractivity contribution in [2.24, 2.45) is 0 Å². The highest BCUT2D eigenvalue weighted by Crippen LogP contribution is 2.29. The Morgan fingerprint density at radius 3 is 2.44 bits per heavy atom. The van der Waals surface area contributed by atoms with Crippen molar-refractivity contribution in [3.05, 3.63) is 48.0 Å². The quantitative estimate of drug-likeness (QED) is 0.889. The summed E-state index contributed by atoms with van der Waals surface area (Å²) < 4.78 is 32.7. The smallest absolute Gasteiger partial charge is 0.261 e. The number of hydrogen-bond donors (Lipinski definition) is 1. The first-order valence-electron chi connectivity index (χ1n) is 7.98. The summed E-state index contributed by atoms with van der Waals surface area (Å²) in [5, 5.41) is 0. The fourth-order valence-electron chi connectivity index (χ4n) is 2.84. The van der Waals surface area contributed by atoms with Gasteiger partial charge in [0, 0.05) is 18.7 Å². The summed E-state index contributed by atoms with van der Waals surface area (Å²) in [7, 11) is -2.19. The minimum atomic E-state index is -3.71. The van der Waals surface area contributed by atoms with Crippen LogP contribution in [0.4, 0.5) is 11.4 Å². The van der Waals surface area contributed by atoms with Crippen molar-refractivity contribution in [2.45, 2.75) is 24.7 Å². The molecule has 1 N–H and O–H groups in total. The molecule has 1 amide bonds. The number of aryl methyl sites for hydroxylation is 1. The van der Waals surface area contributed by atoms with E-state index in [1.165, 1.54) is 19.2 Å². The van der Waals surface area contributed by atoms with Gasteiger partial charge in [-0.15, -0.1) is 0 Å². The van der Waals surface area contributed by atoms with E-state index in [0.717, 1.165) is 17.7 Å². The lowest BCUT2D eigenvalue weighted by atomic mass is 10.1. The Kier molecular flexibility index (Phi) is 4.67. The molecule has 1 fully saturated rings. The van der Waals surface area contributed by atoms with Crippen LogP contribution in [0.25, 0.3) is 0 Å². The van der Waals surface area contributed by atoms with Gasteiger partial charge in [-0.3, -0.25) is 9.52 Å². The summed E-state index contributed by atoms with van der Waals surface area (Å²) in [5.74, 6) is 0.655. The summed E-state index contributed by atoms with van der Waals surface area (Å²) in [5.41, 5.74) is 2.11. The summed E-state index contributed by atoms with van der Waals surface area (Å²) >= 11 is 0. The zero-order valence-electron chi connectivity index (χ0n) is 14.2. The van der Waals surface area contributed by atoms with Gasteiger partial charge in [-0.1, -0.05) is 6.07 Å². The lowest BCUT2D eigenvalue weighted by Crippen LogP contribution is -2.24. The number of carbonyl (C=O) groups is 1. The second-order valence-electron chi connectivity index (χ2n) is 5.93. The van der Waals surface area contributed by atoms with E-state index in [-0.39, 0.29) is 10.8 Å². The van der Waals surface area contributed by atoms with E-state index in [4.69, 9.17) is 4.74 Å². The number of amides is 1. The topological polar surface area (TPSA) is 75.7 Å². The van der Waals surface area contributed by atoms with E-state index in [1.54, 1.807) is 29.2 Å². The number of anilines is 2. The summed E-state index contributed by atoms with van der Waals surface area (Å²) in [6.07, 6.45) is 1.35. The molecule has 7 heteroatoms. The molecular formula is C18H20N2O4S. The molecule has 0 bridgehead atoms. The van der Waals surface area contributed by atoms with Crippen molar-refractivity contribution in [3.63, 3.8) is 0 Å². The number of nitrogens with zero attached hydrogens (tertiary/aromatic N) is 1. The van der Waals surface area contributed by atoms with Gasteiger partial charge in [0.1, 0.15) is 5.75 Å². The van der Waals surface area contributed by atoms with Crippen molar-refractivity contribution in [1.29, 1.82) is 0 Å². The van der Waals surface area contributed by atoms with Crippen molar-refractivity contribution in [1.82, 2.24) is 0 Å². The number of methoxy groups -OCH3 is 1. The summed E-state index contributed by atoms with van der Waals surface area (Å²) in [6, 6.07) is 11.4. The number of rotatable bonds is 5. The lowest BCUT2D eigenvalue weighted by Gasteiger charge is -2.19. The third kappa shape index (κ3) is 3.61. The van der Waals surface area contributed by atoms with E-state index in [1.807, 2.05) is 13.0 Å². The number of carbonyl (C=O) groups excluding carboxylic acids is 1. The Bertz CT molecular complexity index is 892. The highest BCUT2D eigenvalue weighted by molar-refractivity contribution is 7.92. The molecule has 1 heterocycles. The van der Waals surface area contributed by atoms with Gasteiger partial charge in [0.15, 0.2) is 0 Å². The first-order chi connectivity index (χ1) is 11.9. The van der Waals surface area contributed by atoms with Gasteiger partial charge in [0.25, 0.3) is 10.0 Å². The molecule has 1 aliphatic rings. The molecule has 0 aromatic heterocycles. The number of ether oxygens (including phenoxy) is 1. The normalized spacial score (nSPS) is 14.6. The Balaban J connectivity index is 1.87.